The second kappa shape index (κ2) is 15.9. The lowest BCUT2D eigenvalue weighted by molar-refractivity contribution is -0.147. The maximum atomic E-state index is 11.9. The highest BCUT2D eigenvalue weighted by molar-refractivity contribution is 5.72. The van der Waals surface area contributed by atoms with Gasteiger partial charge in [-0.3, -0.25) is 4.79 Å². The van der Waals surface area contributed by atoms with Crippen LogP contribution >= 0.6 is 0 Å². The van der Waals surface area contributed by atoms with Crippen molar-refractivity contribution in [2.45, 2.75) is 110 Å². The highest BCUT2D eigenvalue weighted by Gasteiger charge is 2.09. The topological polar surface area (TPSA) is 26.3 Å². The molecule has 1 aromatic carbocycles. The van der Waals surface area contributed by atoms with E-state index in [1.165, 1.54) is 70.6 Å². The van der Waals surface area contributed by atoms with E-state index in [9.17, 15) is 4.79 Å². The zero-order valence-electron chi connectivity index (χ0n) is 17.2. The molecule has 0 spiro atoms. The lowest BCUT2D eigenvalue weighted by Gasteiger charge is -2.13. The molecular weight excluding hydrogens is 320 g/mol. The molecule has 0 aliphatic rings. The Balaban J connectivity index is 1.89. The lowest BCUT2D eigenvalue weighted by atomic mass is 10.0. The van der Waals surface area contributed by atoms with Crippen LogP contribution in [0.2, 0.25) is 0 Å². The van der Waals surface area contributed by atoms with Crippen LogP contribution in [0.3, 0.4) is 0 Å². The number of carbonyl (C=O) groups is 1. The summed E-state index contributed by atoms with van der Waals surface area (Å²) in [6.45, 7) is 4.29. The Morgan fingerprint density at radius 2 is 1.31 bits per heavy atom. The molecule has 0 aliphatic heterocycles. The molecule has 1 atom stereocenters. The number of esters is 1. The van der Waals surface area contributed by atoms with Gasteiger partial charge in [0, 0.05) is 0 Å². The van der Waals surface area contributed by atoms with Gasteiger partial charge in [-0.05, 0) is 25.3 Å². The summed E-state index contributed by atoms with van der Waals surface area (Å²) in [5.41, 5.74) is 1.02. The van der Waals surface area contributed by atoms with Crippen molar-refractivity contribution in [2.24, 2.45) is 0 Å². The minimum absolute atomic E-state index is 0.0364. The van der Waals surface area contributed by atoms with Crippen molar-refractivity contribution in [3.05, 3.63) is 35.9 Å². The Hall–Kier alpha value is -1.31. The van der Waals surface area contributed by atoms with Crippen LogP contribution in [0.4, 0.5) is 0 Å². The molecule has 0 saturated heterocycles. The zero-order chi connectivity index (χ0) is 18.9. The first-order chi connectivity index (χ1) is 12.7. The predicted octanol–water partition coefficient (Wildman–Crippen LogP) is 7.25. The summed E-state index contributed by atoms with van der Waals surface area (Å²) >= 11 is 0. The summed E-state index contributed by atoms with van der Waals surface area (Å²) in [6, 6.07) is 9.82. The third-order valence-corrected chi connectivity index (χ3v) is 4.99. The maximum absolute atomic E-state index is 11.9. The van der Waals surface area contributed by atoms with Gasteiger partial charge in [0.25, 0.3) is 0 Å². The van der Waals surface area contributed by atoms with Crippen LogP contribution in [0.1, 0.15) is 103 Å². The van der Waals surface area contributed by atoms with Crippen LogP contribution in [0, 0.1) is 0 Å². The van der Waals surface area contributed by atoms with Crippen molar-refractivity contribution < 1.29 is 9.53 Å². The van der Waals surface area contributed by atoms with Crippen molar-refractivity contribution in [1.29, 1.82) is 0 Å². The number of benzene rings is 1. The summed E-state index contributed by atoms with van der Waals surface area (Å²) in [6.07, 6.45) is 17.7. The first-order valence-electron chi connectivity index (χ1n) is 11.0. The lowest BCUT2D eigenvalue weighted by Crippen LogP contribution is -2.16. The maximum Gasteiger partial charge on any atom is 0.310 e. The molecule has 0 bridgehead atoms. The van der Waals surface area contributed by atoms with E-state index in [1.54, 1.807) is 0 Å². The van der Waals surface area contributed by atoms with Gasteiger partial charge in [0.1, 0.15) is 0 Å². The first kappa shape index (κ1) is 22.7. The van der Waals surface area contributed by atoms with Crippen molar-refractivity contribution >= 4 is 5.97 Å². The smallest absolute Gasteiger partial charge is 0.310 e. The van der Waals surface area contributed by atoms with Crippen LogP contribution < -0.4 is 0 Å². The molecule has 2 heteroatoms. The van der Waals surface area contributed by atoms with E-state index in [0.29, 0.717) is 6.42 Å². The minimum Gasteiger partial charge on any atom is -0.462 e. The van der Waals surface area contributed by atoms with E-state index in [4.69, 9.17) is 4.74 Å². The van der Waals surface area contributed by atoms with Crippen molar-refractivity contribution in [3.8, 4) is 0 Å². The molecule has 1 unspecified atom stereocenters. The fraction of sp³-hybridized carbons (Fsp3) is 0.708. The molecule has 0 aliphatic carbocycles. The van der Waals surface area contributed by atoms with Gasteiger partial charge >= 0.3 is 5.97 Å². The Morgan fingerprint density at radius 3 is 1.85 bits per heavy atom. The third-order valence-electron chi connectivity index (χ3n) is 4.99. The van der Waals surface area contributed by atoms with Crippen molar-refractivity contribution in [1.82, 2.24) is 0 Å². The second-order valence-electron chi connectivity index (χ2n) is 7.64. The van der Waals surface area contributed by atoms with Crippen LogP contribution in [0.25, 0.3) is 0 Å². The average molecular weight is 361 g/mol. The van der Waals surface area contributed by atoms with Gasteiger partial charge in [0.15, 0.2) is 0 Å². The van der Waals surface area contributed by atoms with Crippen LogP contribution in [-0.2, 0) is 16.0 Å². The normalized spacial score (nSPS) is 12.1. The number of ether oxygens (including phenoxy) is 1. The van der Waals surface area contributed by atoms with Crippen LogP contribution in [-0.4, -0.2) is 12.1 Å². The van der Waals surface area contributed by atoms with E-state index in [0.717, 1.165) is 18.4 Å². The van der Waals surface area contributed by atoms with Crippen LogP contribution in [0.15, 0.2) is 30.3 Å². The Bertz CT molecular complexity index is 441. The van der Waals surface area contributed by atoms with E-state index in [2.05, 4.69) is 6.92 Å². The quantitative estimate of drug-likeness (QED) is 0.229. The fourth-order valence-electron chi connectivity index (χ4n) is 3.36. The van der Waals surface area contributed by atoms with E-state index < -0.39 is 0 Å². The molecule has 2 nitrogen and oxygen atoms in total. The molecule has 0 N–H and O–H groups in total. The highest BCUT2D eigenvalue weighted by Crippen LogP contribution is 2.14. The summed E-state index contributed by atoms with van der Waals surface area (Å²) in [5.74, 6) is -0.109. The van der Waals surface area contributed by atoms with Gasteiger partial charge in [-0.15, -0.1) is 0 Å². The molecule has 0 aromatic heterocycles. The number of hydrogen-bond donors (Lipinski definition) is 0. The van der Waals surface area contributed by atoms with Crippen LogP contribution in [0.5, 0.6) is 0 Å². The third kappa shape index (κ3) is 13.0. The molecule has 0 heterocycles. The minimum atomic E-state index is -0.109. The number of rotatable bonds is 16. The summed E-state index contributed by atoms with van der Waals surface area (Å²) in [5, 5.41) is 0. The number of unbranched alkanes of at least 4 members (excludes halogenated alkanes) is 11. The second-order valence-corrected chi connectivity index (χ2v) is 7.64. The molecule has 26 heavy (non-hydrogen) atoms. The standard InChI is InChI=1S/C24H40O2/c1-3-4-5-6-7-8-9-10-11-12-13-15-18-22(2)26-24(25)21-23-19-16-14-17-20-23/h14,16-17,19-20,22H,3-13,15,18,21H2,1-2H3. The molecule has 0 radical (unpaired) electrons. The average Bonchev–Trinajstić information content (AvgIpc) is 2.63. The Morgan fingerprint density at radius 1 is 0.808 bits per heavy atom. The first-order valence-corrected chi connectivity index (χ1v) is 11.0. The highest BCUT2D eigenvalue weighted by atomic mass is 16.5. The molecule has 0 fully saturated rings. The Labute approximate surface area is 161 Å². The van der Waals surface area contributed by atoms with E-state index in [-0.39, 0.29) is 12.1 Å². The van der Waals surface area contributed by atoms with Gasteiger partial charge in [-0.1, -0.05) is 108 Å². The summed E-state index contributed by atoms with van der Waals surface area (Å²) < 4.78 is 5.52. The van der Waals surface area contributed by atoms with E-state index in [1.807, 2.05) is 37.3 Å². The fourth-order valence-corrected chi connectivity index (χ4v) is 3.36. The molecule has 0 amide bonds. The van der Waals surface area contributed by atoms with Gasteiger partial charge in [0.05, 0.1) is 12.5 Å². The molecular formula is C24H40O2. The number of carbonyl (C=O) groups excluding carboxylic acids is 1. The largest absolute Gasteiger partial charge is 0.462 e. The zero-order valence-corrected chi connectivity index (χ0v) is 17.2. The number of hydrogen-bond acceptors (Lipinski definition) is 2. The Kier molecular flexibility index (Phi) is 13.9. The molecule has 1 rings (SSSR count). The van der Waals surface area contributed by atoms with E-state index >= 15 is 0 Å². The van der Waals surface area contributed by atoms with Gasteiger partial charge in [0.2, 0.25) is 0 Å². The van der Waals surface area contributed by atoms with Gasteiger partial charge in [-0.2, -0.15) is 0 Å². The van der Waals surface area contributed by atoms with Crippen molar-refractivity contribution in [3.63, 3.8) is 0 Å². The van der Waals surface area contributed by atoms with Gasteiger partial charge in [-0.25, -0.2) is 0 Å². The molecule has 1 aromatic rings. The summed E-state index contributed by atoms with van der Waals surface area (Å²) in [4.78, 5) is 11.9. The monoisotopic (exact) mass is 360 g/mol. The molecule has 0 saturated carbocycles. The van der Waals surface area contributed by atoms with Gasteiger partial charge < -0.3 is 4.74 Å². The predicted molar refractivity (Wildman–Crippen MR) is 111 cm³/mol. The molecule has 148 valence electrons. The summed E-state index contributed by atoms with van der Waals surface area (Å²) in [7, 11) is 0. The SMILES string of the molecule is CCCCCCCCCCCCCCC(C)OC(=O)Cc1ccccc1. The van der Waals surface area contributed by atoms with Crippen molar-refractivity contribution in [2.75, 3.05) is 0 Å².